The highest BCUT2D eigenvalue weighted by atomic mass is 35.5. The van der Waals surface area contributed by atoms with Crippen LogP contribution in [0.15, 0.2) is 72.1 Å². The lowest BCUT2D eigenvalue weighted by Crippen LogP contribution is -2.00. The largest absolute Gasteiger partial charge is 0.126 e. The summed E-state index contributed by atoms with van der Waals surface area (Å²) in [7, 11) is 0. The van der Waals surface area contributed by atoms with E-state index in [9.17, 15) is 0 Å². The monoisotopic (exact) mass is 288 g/mol. The Kier molecular flexibility index (Phi) is 5.56. The molecule has 0 amide bonds. The molecule has 0 saturated carbocycles. The Balaban J connectivity index is 2.01. The summed E-state index contributed by atoms with van der Waals surface area (Å²) in [6.45, 7) is 3.87. The van der Waals surface area contributed by atoms with E-state index in [0.717, 1.165) is 17.2 Å². The second kappa shape index (κ2) is 7.42. The summed E-state index contributed by atoms with van der Waals surface area (Å²) < 4.78 is 0. The minimum absolute atomic E-state index is 0.513. The molecule has 19 heavy (non-hydrogen) atoms. The molecule has 0 spiro atoms. The van der Waals surface area contributed by atoms with E-state index in [4.69, 9.17) is 11.6 Å². The maximum Gasteiger partial charge on any atom is 0.0406 e. The maximum atomic E-state index is 5.90. The molecule has 2 rings (SSSR count). The van der Waals surface area contributed by atoms with Crippen LogP contribution in [0.2, 0.25) is 5.02 Å². The number of hydrogen-bond donors (Lipinski definition) is 0. The van der Waals surface area contributed by atoms with Crippen LogP contribution in [-0.4, -0.2) is 5.75 Å². The fourth-order valence-corrected chi connectivity index (χ4v) is 3.13. The molecule has 0 aliphatic rings. The van der Waals surface area contributed by atoms with Crippen molar-refractivity contribution in [2.45, 2.75) is 17.2 Å². The van der Waals surface area contributed by atoms with Crippen LogP contribution < -0.4 is 0 Å². The van der Waals surface area contributed by atoms with Gasteiger partial charge in [0, 0.05) is 15.7 Å². The first-order valence-electron chi connectivity index (χ1n) is 6.34. The first-order valence-corrected chi connectivity index (χ1v) is 7.70. The lowest BCUT2D eigenvalue weighted by Gasteiger charge is -2.15. The van der Waals surface area contributed by atoms with Crippen LogP contribution in [0.4, 0.5) is 0 Å². The van der Waals surface area contributed by atoms with Crippen molar-refractivity contribution in [3.63, 3.8) is 0 Å². The zero-order valence-corrected chi connectivity index (χ0v) is 12.3. The number of halogens is 1. The Labute approximate surface area is 124 Å². The average Bonchev–Trinajstić information content (AvgIpc) is 2.46. The molecule has 0 nitrogen and oxygen atoms in total. The molecule has 0 aromatic heterocycles. The Bertz CT molecular complexity index is 505. The van der Waals surface area contributed by atoms with Gasteiger partial charge >= 0.3 is 0 Å². The van der Waals surface area contributed by atoms with Gasteiger partial charge in [-0.3, -0.25) is 0 Å². The number of thioether (sulfide) groups is 1. The lowest BCUT2D eigenvalue weighted by atomic mass is 9.98. The second-order valence-corrected chi connectivity index (χ2v) is 5.93. The zero-order chi connectivity index (χ0) is 13.5. The maximum absolute atomic E-state index is 5.90. The smallest absolute Gasteiger partial charge is 0.0406 e. The first-order chi connectivity index (χ1) is 9.29. The van der Waals surface area contributed by atoms with Crippen molar-refractivity contribution >= 4 is 23.4 Å². The Morgan fingerprint density at radius 2 is 1.74 bits per heavy atom. The summed E-state index contributed by atoms with van der Waals surface area (Å²) in [5.41, 5.74) is 1.38. The molecule has 0 saturated heterocycles. The molecule has 0 fully saturated rings. The van der Waals surface area contributed by atoms with E-state index in [1.807, 2.05) is 30.0 Å². The van der Waals surface area contributed by atoms with Gasteiger partial charge in [0.1, 0.15) is 0 Å². The standard InChI is InChI=1S/C17H17ClS/c1-2-6-15(14-7-4-3-5-8-14)13-19-17-11-9-16(18)10-12-17/h2-5,7-12,15H,1,6,13H2. The third kappa shape index (κ3) is 4.45. The zero-order valence-electron chi connectivity index (χ0n) is 10.8. The summed E-state index contributed by atoms with van der Waals surface area (Å²) in [6.07, 6.45) is 3.00. The molecule has 1 unspecified atom stereocenters. The quantitative estimate of drug-likeness (QED) is 0.479. The van der Waals surface area contributed by atoms with Crippen molar-refractivity contribution in [3.05, 3.63) is 77.8 Å². The summed E-state index contributed by atoms with van der Waals surface area (Å²) in [5.74, 6) is 1.57. The Morgan fingerprint density at radius 1 is 1.05 bits per heavy atom. The summed E-state index contributed by atoms with van der Waals surface area (Å²) >= 11 is 7.76. The van der Waals surface area contributed by atoms with Gasteiger partial charge < -0.3 is 0 Å². The molecule has 0 bridgehead atoms. The third-order valence-corrected chi connectivity index (χ3v) is 4.41. The van der Waals surface area contributed by atoms with Gasteiger partial charge in [0.05, 0.1) is 0 Å². The van der Waals surface area contributed by atoms with Crippen LogP contribution >= 0.6 is 23.4 Å². The molecule has 2 aromatic rings. The van der Waals surface area contributed by atoms with Crippen LogP contribution in [0.5, 0.6) is 0 Å². The molecule has 0 aliphatic carbocycles. The van der Waals surface area contributed by atoms with Crippen LogP contribution in [0, 0.1) is 0 Å². The predicted octanol–water partition coefficient (Wildman–Crippen LogP) is 5.79. The molecule has 2 aromatic carbocycles. The van der Waals surface area contributed by atoms with Crippen LogP contribution in [-0.2, 0) is 0 Å². The first kappa shape index (κ1) is 14.2. The minimum Gasteiger partial charge on any atom is -0.126 e. The lowest BCUT2D eigenvalue weighted by molar-refractivity contribution is 0.794. The van der Waals surface area contributed by atoms with Gasteiger partial charge in [-0.2, -0.15) is 0 Å². The van der Waals surface area contributed by atoms with E-state index >= 15 is 0 Å². The fraction of sp³-hybridized carbons (Fsp3) is 0.176. The molecule has 0 aliphatic heterocycles. The Morgan fingerprint density at radius 3 is 2.37 bits per heavy atom. The molecular formula is C17H17ClS. The number of allylic oxidation sites excluding steroid dienone is 1. The molecule has 0 heterocycles. The van der Waals surface area contributed by atoms with Gasteiger partial charge in [0.2, 0.25) is 0 Å². The van der Waals surface area contributed by atoms with E-state index in [1.165, 1.54) is 10.5 Å². The van der Waals surface area contributed by atoms with E-state index in [1.54, 1.807) is 0 Å². The van der Waals surface area contributed by atoms with Gasteiger partial charge in [-0.15, -0.1) is 18.3 Å². The topological polar surface area (TPSA) is 0 Å². The van der Waals surface area contributed by atoms with Gasteiger partial charge in [-0.05, 0) is 42.2 Å². The summed E-state index contributed by atoms with van der Waals surface area (Å²) in [5, 5.41) is 0.787. The van der Waals surface area contributed by atoms with Gasteiger partial charge in [0.15, 0.2) is 0 Å². The van der Waals surface area contributed by atoms with Crippen LogP contribution in [0.3, 0.4) is 0 Å². The molecule has 0 radical (unpaired) electrons. The summed E-state index contributed by atoms with van der Waals surface area (Å²) in [6, 6.07) is 18.7. The summed E-state index contributed by atoms with van der Waals surface area (Å²) in [4.78, 5) is 1.26. The van der Waals surface area contributed by atoms with E-state index in [2.05, 4.69) is 49.0 Å². The fourth-order valence-electron chi connectivity index (χ4n) is 1.95. The normalized spacial score (nSPS) is 12.1. The Hall–Kier alpha value is -1.18. The molecule has 2 heteroatoms. The van der Waals surface area contributed by atoms with Crippen LogP contribution in [0.25, 0.3) is 0 Å². The van der Waals surface area contributed by atoms with Crippen molar-refractivity contribution in [2.75, 3.05) is 5.75 Å². The average molecular weight is 289 g/mol. The van der Waals surface area contributed by atoms with Crippen molar-refractivity contribution in [2.24, 2.45) is 0 Å². The number of hydrogen-bond acceptors (Lipinski definition) is 1. The highest BCUT2D eigenvalue weighted by Gasteiger charge is 2.10. The number of benzene rings is 2. The third-order valence-electron chi connectivity index (χ3n) is 2.99. The van der Waals surface area contributed by atoms with Gasteiger partial charge in [0.25, 0.3) is 0 Å². The van der Waals surface area contributed by atoms with E-state index in [0.29, 0.717) is 5.92 Å². The van der Waals surface area contributed by atoms with Gasteiger partial charge in [-0.25, -0.2) is 0 Å². The van der Waals surface area contributed by atoms with E-state index < -0.39 is 0 Å². The minimum atomic E-state index is 0.513. The highest BCUT2D eigenvalue weighted by molar-refractivity contribution is 7.99. The van der Waals surface area contributed by atoms with E-state index in [-0.39, 0.29) is 0 Å². The molecular weight excluding hydrogens is 272 g/mol. The molecule has 98 valence electrons. The van der Waals surface area contributed by atoms with Gasteiger partial charge in [-0.1, -0.05) is 48.0 Å². The highest BCUT2D eigenvalue weighted by Crippen LogP contribution is 2.29. The van der Waals surface area contributed by atoms with Crippen molar-refractivity contribution < 1.29 is 0 Å². The predicted molar refractivity (Wildman–Crippen MR) is 86.2 cm³/mol. The molecule has 0 N–H and O–H groups in total. The second-order valence-electron chi connectivity index (χ2n) is 4.40. The number of rotatable bonds is 6. The van der Waals surface area contributed by atoms with Crippen molar-refractivity contribution in [1.29, 1.82) is 0 Å². The van der Waals surface area contributed by atoms with Crippen molar-refractivity contribution in [3.8, 4) is 0 Å². The van der Waals surface area contributed by atoms with Crippen LogP contribution in [0.1, 0.15) is 17.9 Å². The SMILES string of the molecule is C=CCC(CSc1ccc(Cl)cc1)c1ccccc1. The van der Waals surface area contributed by atoms with Crippen molar-refractivity contribution in [1.82, 2.24) is 0 Å². The molecule has 1 atom stereocenters.